The molecule has 142 valence electrons. The van der Waals surface area contributed by atoms with Crippen LogP contribution in [0.15, 0.2) is 42.5 Å². The van der Waals surface area contributed by atoms with Gasteiger partial charge in [-0.15, -0.1) is 0 Å². The Labute approximate surface area is 156 Å². The Morgan fingerprint density at radius 1 is 1.04 bits per heavy atom. The summed E-state index contributed by atoms with van der Waals surface area (Å²) >= 11 is 0. The smallest absolute Gasteiger partial charge is 0.254 e. The number of hydrogen-bond donors (Lipinski definition) is 1. The average molecular weight is 373 g/mol. The van der Waals surface area contributed by atoms with Crippen LogP contribution < -0.4 is 5.32 Å². The lowest BCUT2D eigenvalue weighted by Gasteiger charge is -2.34. The fraction of sp³-hybridized carbons (Fsp3) is 0.300. The predicted octanol–water partition coefficient (Wildman–Crippen LogP) is 2.67. The van der Waals surface area contributed by atoms with E-state index in [0.717, 1.165) is 0 Å². The van der Waals surface area contributed by atoms with Crippen molar-refractivity contribution in [3.05, 3.63) is 65.2 Å². The van der Waals surface area contributed by atoms with Gasteiger partial charge in [-0.05, 0) is 42.8 Å². The summed E-state index contributed by atoms with van der Waals surface area (Å²) in [4.78, 5) is 28.2. The van der Waals surface area contributed by atoms with Crippen LogP contribution in [0.5, 0.6) is 0 Å². The number of halogens is 2. The summed E-state index contributed by atoms with van der Waals surface area (Å²) in [5, 5.41) is 2.66. The van der Waals surface area contributed by atoms with Crippen LogP contribution in [0, 0.1) is 18.6 Å². The van der Waals surface area contributed by atoms with Crippen LogP contribution in [0.1, 0.15) is 15.9 Å². The van der Waals surface area contributed by atoms with Crippen molar-refractivity contribution in [3.63, 3.8) is 0 Å². The summed E-state index contributed by atoms with van der Waals surface area (Å²) in [6.45, 7) is 3.81. The third kappa shape index (κ3) is 4.89. The zero-order valence-electron chi connectivity index (χ0n) is 15.0. The molecule has 2 amide bonds. The second-order valence-corrected chi connectivity index (χ2v) is 6.59. The predicted molar refractivity (Wildman–Crippen MR) is 98.5 cm³/mol. The van der Waals surface area contributed by atoms with Crippen LogP contribution in [-0.2, 0) is 4.79 Å². The summed E-state index contributed by atoms with van der Waals surface area (Å²) in [6, 6.07) is 10.2. The van der Waals surface area contributed by atoms with Crippen molar-refractivity contribution in [2.75, 3.05) is 38.0 Å². The van der Waals surface area contributed by atoms with Crippen molar-refractivity contribution >= 4 is 17.5 Å². The molecule has 0 aliphatic carbocycles. The van der Waals surface area contributed by atoms with Crippen LogP contribution >= 0.6 is 0 Å². The monoisotopic (exact) mass is 373 g/mol. The molecule has 0 spiro atoms. The Morgan fingerprint density at radius 3 is 2.44 bits per heavy atom. The minimum Gasteiger partial charge on any atom is -0.336 e. The van der Waals surface area contributed by atoms with E-state index < -0.39 is 11.6 Å². The van der Waals surface area contributed by atoms with E-state index in [9.17, 15) is 18.4 Å². The van der Waals surface area contributed by atoms with Crippen molar-refractivity contribution in [2.24, 2.45) is 0 Å². The lowest BCUT2D eigenvalue weighted by Crippen LogP contribution is -2.50. The highest BCUT2D eigenvalue weighted by Crippen LogP contribution is 2.14. The van der Waals surface area contributed by atoms with Crippen LogP contribution in [0.4, 0.5) is 14.5 Å². The van der Waals surface area contributed by atoms with Crippen LogP contribution in [0.25, 0.3) is 0 Å². The van der Waals surface area contributed by atoms with Crippen LogP contribution in [0.3, 0.4) is 0 Å². The molecule has 1 aliphatic heterocycles. The number of piperazine rings is 1. The zero-order chi connectivity index (χ0) is 19.4. The molecule has 2 aromatic carbocycles. The van der Waals surface area contributed by atoms with E-state index in [1.54, 1.807) is 30.0 Å². The van der Waals surface area contributed by atoms with E-state index in [4.69, 9.17) is 0 Å². The van der Waals surface area contributed by atoms with E-state index >= 15 is 0 Å². The third-order valence-corrected chi connectivity index (χ3v) is 4.55. The number of benzene rings is 2. The standard InChI is InChI=1S/C20H21F2N3O2/c1-14-5-6-15(11-18(14)22)20(27)25-9-7-24(8-10-25)13-19(26)23-17-4-2-3-16(21)12-17/h2-6,11-12H,7-10,13H2,1H3,(H,23,26). The minimum atomic E-state index is -0.410. The lowest BCUT2D eigenvalue weighted by molar-refractivity contribution is -0.117. The number of hydrogen-bond acceptors (Lipinski definition) is 3. The number of anilines is 1. The summed E-state index contributed by atoms with van der Waals surface area (Å²) in [6.07, 6.45) is 0. The molecule has 1 saturated heterocycles. The number of carbonyl (C=O) groups is 2. The van der Waals surface area contributed by atoms with Gasteiger partial charge < -0.3 is 10.2 Å². The van der Waals surface area contributed by atoms with Gasteiger partial charge in [0.2, 0.25) is 5.91 Å². The maximum atomic E-state index is 13.7. The maximum Gasteiger partial charge on any atom is 0.254 e. The Kier molecular flexibility index (Phi) is 5.81. The number of amides is 2. The van der Waals surface area contributed by atoms with Gasteiger partial charge >= 0.3 is 0 Å². The molecule has 1 N–H and O–H groups in total. The van der Waals surface area contributed by atoms with E-state index in [0.29, 0.717) is 43.0 Å². The first kappa shape index (κ1) is 19.0. The number of nitrogens with one attached hydrogen (secondary N) is 1. The molecule has 0 radical (unpaired) electrons. The zero-order valence-corrected chi connectivity index (χ0v) is 15.0. The Morgan fingerprint density at radius 2 is 1.78 bits per heavy atom. The first-order valence-electron chi connectivity index (χ1n) is 8.75. The number of carbonyl (C=O) groups excluding carboxylic acids is 2. The van der Waals surface area contributed by atoms with Gasteiger partial charge in [-0.3, -0.25) is 14.5 Å². The van der Waals surface area contributed by atoms with Gasteiger partial charge in [0.05, 0.1) is 6.54 Å². The normalized spacial score (nSPS) is 14.9. The lowest BCUT2D eigenvalue weighted by atomic mass is 10.1. The molecular weight excluding hydrogens is 352 g/mol. The molecule has 3 rings (SSSR count). The SMILES string of the molecule is Cc1ccc(C(=O)N2CCN(CC(=O)Nc3cccc(F)c3)CC2)cc1F. The van der Waals surface area contributed by atoms with Gasteiger partial charge in [-0.1, -0.05) is 12.1 Å². The number of aryl methyl sites for hydroxylation is 1. The molecule has 0 aromatic heterocycles. The van der Waals surface area contributed by atoms with Gasteiger partial charge in [-0.25, -0.2) is 8.78 Å². The van der Waals surface area contributed by atoms with E-state index in [1.165, 1.54) is 24.3 Å². The molecule has 7 heteroatoms. The largest absolute Gasteiger partial charge is 0.336 e. The third-order valence-electron chi connectivity index (χ3n) is 4.55. The average Bonchev–Trinajstić information content (AvgIpc) is 2.64. The second kappa shape index (κ2) is 8.26. The van der Waals surface area contributed by atoms with Crippen molar-refractivity contribution < 1.29 is 18.4 Å². The highest BCUT2D eigenvalue weighted by atomic mass is 19.1. The fourth-order valence-electron chi connectivity index (χ4n) is 2.99. The van der Waals surface area contributed by atoms with Gasteiger partial charge in [-0.2, -0.15) is 0 Å². The van der Waals surface area contributed by atoms with Crippen LogP contribution in [-0.4, -0.2) is 54.3 Å². The van der Waals surface area contributed by atoms with Crippen molar-refractivity contribution in [2.45, 2.75) is 6.92 Å². The first-order chi connectivity index (χ1) is 12.9. The summed E-state index contributed by atoms with van der Waals surface area (Å²) < 4.78 is 26.8. The fourth-order valence-corrected chi connectivity index (χ4v) is 2.99. The molecule has 1 fully saturated rings. The van der Waals surface area contributed by atoms with Crippen molar-refractivity contribution in [3.8, 4) is 0 Å². The van der Waals surface area contributed by atoms with Gasteiger partial charge in [0.15, 0.2) is 0 Å². The van der Waals surface area contributed by atoms with Gasteiger partial charge in [0, 0.05) is 37.4 Å². The second-order valence-electron chi connectivity index (χ2n) is 6.59. The molecule has 1 heterocycles. The Hall–Kier alpha value is -2.80. The molecule has 2 aromatic rings. The Balaban J connectivity index is 1.50. The Bertz CT molecular complexity index is 849. The topological polar surface area (TPSA) is 52.7 Å². The number of nitrogens with zero attached hydrogens (tertiary/aromatic N) is 2. The van der Waals surface area contributed by atoms with E-state index in [-0.39, 0.29) is 18.4 Å². The van der Waals surface area contributed by atoms with Gasteiger partial charge in [0.25, 0.3) is 5.91 Å². The molecular formula is C20H21F2N3O2. The summed E-state index contributed by atoms with van der Waals surface area (Å²) in [5.41, 5.74) is 1.24. The summed E-state index contributed by atoms with van der Waals surface area (Å²) in [5.74, 6) is -1.25. The molecule has 1 aliphatic rings. The molecule has 5 nitrogen and oxygen atoms in total. The molecule has 27 heavy (non-hydrogen) atoms. The van der Waals surface area contributed by atoms with Gasteiger partial charge in [0.1, 0.15) is 11.6 Å². The highest BCUT2D eigenvalue weighted by Gasteiger charge is 2.23. The maximum absolute atomic E-state index is 13.7. The first-order valence-corrected chi connectivity index (χ1v) is 8.75. The van der Waals surface area contributed by atoms with E-state index in [2.05, 4.69) is 5.32 Å². The van der Waals surface area contributed by atoms with E-state index in [1.807, 2.05) is 4.90 Å². The molecule has 0 unspecified atom stereocenters. The van der Waals surface area contributed by atoms with Crippen molar-refractivity contribution in [1.82, 2.24) is 9.80 Å². The molecule has 0 bridgehead atoms. The minimum absolute atomic E-state index is 0.164. The number of rotatable bonds is 4. The summed E-state index contributed by atoms with van der Waals surface area (Å²) in [7, 11) is 0. The highest BCUT2D eigenvalue weighted by molar-refractivity contribution is 5.94. The molecule has 0 saturated carbocycles. The quantitative estimate of drug-likeness (QED) is 0.897. The van der Waals surface area contributed by atoms with Crippen molar-refractivity contribution in [1.29, 1.82) is 0 Å². The van der Waals surface area contributed by atoms with Crippen LogP contribution in [0.2, 0.25) is 0 Å². The molecule has 0 atom stereocenters.